The molecule has 5 aliphatic carbocycles. The van der Waals surface area contributed by atoms with E-state index in [9.17, 15) is 0 Å². The third-order valence-corrected chi connectivity index (χ3v) is 15.4. The maximum Gasteiger partial charge on any atom is 0.143 e. The molecule has 14 rings (SSSR count). The van der Waals surface area contributed by atoms with Gasteiger partial charge in [-0.15, -0.1) is 11.3 Å². The molecular formula is C52H38OS. The van der Waals surface area contributed by atoms with Crippen LogP contribution in [0.15, 0.2) is 150 Å². The van der Waals surface area contributed by atoms with Gasteiger partial charge in [-0.05, 0) is 112 Å². The molecule has 0 saturated heterocycles. The molecule has 2 aromatic heterocycles. The summed E-state index contributed by atoms with van der Waals surface area (Å²) in [6.07, 6.45) is 6.85. The van der Waals surface area contributed by atoms with Crippen LogP contribution in [0.1, 0.15) is 43.2 Å². The maximum atomic E-state index is 7.17. The molecule has 0 unspecified atom stereocenters. The number of thiophene rings is 1. The topological polar surface area (TPSA) is 13.1 Å². The molecule has 9 aromatic rings. The van der Waals surface area contributed by atoms with E-state index in [-0.39, 0.29) is 5.41 Å². The standard InChI is InChI=1S/C52H38OS/c1-2-11-32(12-3-1)35-15-8-18-40-41-19-9-17-39(51(41)53-50(35)40)38-24-23-37(36-16-10-22-46-47(36)43-14-5-7-21-45(43)54-46)48-42-13-4-6-20-44(42)52(49(38)48)33-26-30-25-31(28-33)29-34(52)27-30/h1-24,30-31,33-34H,25-29H2. The van der Waals surface area contributed by atoms with Crippen LogP contribution in [0.3, 0.4) is 0 Å². The van der Waals surface area contributed by atoms with Crippen LogP contribution < -0.4 is 0 Å². The van der Waals surface area contributed by atoms with Gasteiger partial charge in [0.25, 0.3) is 0 Å². The van der Waals surface area contributed by atoms with Gasteiger partial charge in [0, 0.05) is 47.5 Å². The number of hydrogen-bond acceptors (Lipinski definition) is 2. The van der Waals surface area contributed by atoms with Crippen LogP contribution in [0.4, 0.5) is 0 Å². The lowest BCUT2D eigenvalue weighted by Crippen LogP contribution is -2.55. The molecule has 4 bridgehead atoms. The van der Waals surface area contributed by atoms with Crippen LogP contribution in [-0.4, -0.2) is 0 Å². The Balaban J connectivity index is 1.15. The molecule has 0 radical (unpaired) electrons. The Morgan fingerprint density at radius 3 is 1.85 bits per heavy atom. The summed E-state index contributed by atoms with van der Waals surface area (Å²) in [4.78, 5) is 0. The average Bonchev–Trinajstić information content (AvgIpc) is 3.89. The van der Waals surface area contributed by atoms with Crippen LogP contribution in [0.2, 0.25) is 0 Å². The first-order valence-corrected chi connectivity index (χ1v) is 20.8. The highest BCUT2D eigenvalue weighted by atomic mass is 32.1. The van der Waals surface area contributed by atoms with Crippen molar-refractivity contribution in [2.75, 3.05) is 0 Å². The summed E-state index contributed by atoms with van der Waals surface area (Å²) in [5.41, 5.74) is 15.7. The minimum absolute atomic E-state index is 0.00131. The van der Waals surface area contributed by atoms with Crippen LogP contribution in [0, 0.1) is 23.7 Å². The Hall–Kier alpha value is -5.44. The second-order valence-electron chi connectivity index (χ2n) is 16.7. The zero-order chi connectivity index (χ0) is 35.1. The molecule has 2 heteroatoms. The molecule has 258 valence electrons. The second kappa shape index (κ2) is 10.8. The number of para-hydroxylation sites is 2. The molecule has 54 heavy (non-hydrogen) atoms. The number of fused-ring (bicyclic) bond motifs is 9. The maximum absolute atomic E-state index is 7.17. The van der Waals surface area contributed by atoms with Crippen molar-refractivity contribution in [1.29, 1.82) is 0 Å². The zero-order valence-electron chi connectivity index (χ0n) is 30.0. The molecule has 4 fully saturated rings. The van der Waals surface area contributed by atoms with Crippen molar-refractivity contribution in [2.24, 2.45) is 23.7 Å². The smallest absolute Gasteiger partial charge is 0.143 e. The van der Waals surface area contributed by atoms with E-state index >= 15 is 0 Å². The van der Waals surface area contributed by atoms with E-state index in [1.807, 2.05) is 11.3 Å². The van der Waals surface area contributed by atoms with Crippen molar-refractivity contribution < 1.29 is 4.42 Å². The molecule has 2 heterocycles. The van der Waals surface area contributed by atoms with Crippen molar-refractivity contribution in [3.8, 4) is 44.5 Å². The van der Waals surface area contributed by atoms with Crippen LogP contribution >= 0.6 is 11.3 Å². The van der Waals surface area contributed by atoms with Gasteiger partial charge in [0.05, 0.1) is 0 Å². The van der Waals surface area contributed by atoms with Gasteiger partial charge in [0.1, 0.15) is 11.2 Å². The Kier molecular flexibility index (Phi) is 6.01. The SMILES string of the molecule is c1ccc(-c2cccc3c2oc2c(-c4ccc(-c5cccc6sc7ccccc7c56)c5c4C4(c6ccccc6-5)C5CC6CC(C5)CC4C6)cccc23)cc1. The summed E-state index contributed by atoms with van der Waals surface area (Å²) < 4.78 is 9.89. The summed E-state index contributed by atoms with van der Waals surface area (Å²) in [6, 6.07) is 54.8. The van der Waals surface area contributed by atoms with E-state index in [4.69, 9.17) is 4.42 Å². The van der Waals surface area contributed by atoms with E-state index in [0.29, 0.717) is 11.8 Å². The molecule has 0 N–H and O–H groups in total. The molecule has 1 nitrogen and oxygen atoms in total. The van der Waals surface area contributed by atoms with Gasteiger partial charge in [-0.3, -0.25) is 0 Å². The molecule has 5 aliphatic rings. The van der Waals surface area contributed by atoms with Gasteiger partial charge in [0.2, 0.25) is 0 Å². The van der Waals surface area contributed by atoms with Crippen molar-refractivity contribution in [3.05, 3.63) is 157 Å². The molecule has 4 saturated carbocycles. The fraction of sp³-hybridized carbons (Fsp3) is 0.192. The first-order chi connectivity index (χ1) is 26.8. The van der Waals surface area contributed by atoms with Crippen molar-refractivity contribution in [2.45, 2.75) is 37.5 Å². The average molecular weight is 711 g/mol. The van der Waals surface area contributed by atoms with E-state index in [0.717, 1.165) is 28.6 Å². The fourth-order valence-electron chi connectivity index (χ4n) is 12.6. The molecule has 0 aliphatic heterocycles. The Bertz CT molecular complexity index is 2980. The molecule has 1 spiro atoms. The van der Waals surface area contributed by atoms with Gasteiger partial charge >= 0.3 is 0 Å². The summed E-state index contributed by atoms with van der Waals surface area (Å²) >= 11 is 1.92. The minimum Gasteiger partial charge on any atom is -0.455 e. The van der Waals surface area contributed by atoms with Gasteiger partial charge in [-0.25, -0.2) is 0 Å². The summed E-state index contributed by atoms with van der Waals surface area (Å²) in [5.74, 6) is 3.06. The molecule has 7 aromatic carbocycles. The second-order valence-corrected chi connectivity index (χ2v) is 17.8. The van der Waals surface area contributed by atoms with E-state index in [2.05, 4.69) is 146 Å². The van der Waals surface area contributed by atoms with Gasteiger partial charge in [-0.1, -0.05) is 133 Å². The normalized spacial score (nSPS) is 23.6. The van der Waals surface area contributed by atoms with Crippen LogP contribution in [0.25, 0.3) is 86.6 Å². The quantitative estimate of drug-likeness (QED) is 0.178. The third kappa shape index (κ3) is 3.80. The lowest BCUT2D eigenvalue weighted by atomic mass is 9.42. The van der Waals surface area contributed by atoms with Gasteiger partial charge in [0.15, 0.2) is 0 Å². The Morgan fingerprint density at radius 2 is 1.04 bits per heavy atom. The predicted molar refractivity (Wildman–Crippen MR) is 226 cm³/mol. The monoisotopic (exact) mass is 710 g/mol. The zero-order valence-corrected chi connectivity index (χ0v) is 30.8. The Morgan fingerprint density at radius 1 is 0.444 bits per heavy atom. The van der Waals surface area contributed by atoms with Crippen molar-refractivity contribution in [1.82, 2.24) is 0 Å². The number of hydrogen-bond donors (Lipinski definition) is 0. The minimum atomic E-state index is -0.00131. The van der Waals surface area contributed by atoms with E-state index < -0.39 is 0 Å². The van der Waals surface area contributed by atoms with Crippen molar-refractivity contribution >= 4 is 53.4 Å². The van der Waals surface area contributed by atoms with E-state index in [1.165, 1.54) is 102 Å². The number of benzene rings is 7. The summed E-state index contributed by atoms with van der Waals surface area (Å²) in [7, 11) is 0. The summed E-state index contributed by atoms with van der Waals surface area (Å²) in [5, 5.41) is 5.14. The largest absolute Gasteiger partial charge is 0.455 e. The lowest BCUT2D eigenvalue weighted by Gasteiger charge is -2.61. The van der Waals surface area contributed by atoms with Crippen LogP contribution in [0.5, 0.6) is 0 Å². The van der Waals surface area contributed by atoms with Gasteiger partial charge < -0.3 is 4.42 Å². The number of furan rings is 1. The van der Waals surface area contributed by atoms with Crippen molar-refractivity contribution in [3.63, 3.8) is 0 Å². The number of rotatable bonds is 3. The lowest BCUT2D eigenvalue weighted by molar-refractivity contribution is -0.0397. The van der Waals surface area contributed by atoms with Gasteiger partial charge in [-0.2, -0.15) is 0 Å². The highest BCUT2D eigenvalue weighted by molar-refractivity contribution is 7.25. The molecular weight excluding hydrogens is 673 g/mol. The first-order valence-electron chi connectivity index (χ1n) is 19.9. The third-order valence-electron chi connectivity index (χ3n) is 14.3. The fourth-order valence-corrected chi connectivity index (χ4v) is 13.7. The first kappa shape index (κ1) is 29.9. The Labute approximate surface area is 318 Å². The summed E-state index contributed by atoms with van der Waals surface area (Å²) in [6.45, 7) is 0. The highest BCUT2D eigenvalue weighted by Gasteiger charge is 2.62. The van der Waals surface area contributed by atoms with Crippen LogP contribution in [-0.2, 0) is 5.41 Å². The highest BCUT2D eigenvalue weighted by Crippen LogP contribution is 2.71. The molecule has 0 amide bonds. The molecule has 0 atom stereocenters. The van der Waals surface area contributed by atoms with E-state index in [1.54, 1.807) is 11.1 Å². The predicted octanol–water partition coefficient (Wildman–Crippen LogP) is 14.7.